The standard InChI is InChI=1S/C21H35N3O5/c1-20(2,3)23-18(27)16-21-10-9-13(29-21)14(17(26)22-4)15(21)19(28)24(16)11-7-5-6-8-12-25/h13-16,25H,5-12H2,1-4H3,(H,22,26)(H,23,27)/t13-,14+,15-,16?,21?/m0/s1. The number of unbranched alkanes of at least 4 members (excludes halogenated alkanes) is 3. The number of carbonyl (C=O) groups excluding carboxylic acids is 3. The Labute approximate surface area is 172 Å². The van der Waals surface area contributed by atoms with Crippen molar-refractivity contribution in [2.24, 2.45) is 11.8 Å². The molecular weight excluding hydrogens is 374 g/mol. The van der Waals surface area contributed by atoms with E-state index in [9.17, 15) is 14.4 Å². The first-order chi connectivity index (χ1) is 13.7. The van der Waals surface area contributed by atoms with Crippen LogP contribution >= 0.6 is 0 Å². The molecule has 0 aliphatic carbocycles. The molecule has 164 valence electrons. The number of carbonyl (C=O) groups is 3. The first-order valence-corrected chi connectivity index (χ1v) is 10.8. The van der Waals surface area contributed by atoms with Crippen LogP contribution < -0.4 is 10.6 Å². The van der Waals surface area contributed by atoms with E-state index in [0.717, 1.165) is 25.7 Å². The van der Waals surface area contributed by atoms with Gasteiger partial charge in [0.1, 0.15) is 11.6 Å². The summed E-state index contributed by atoms with van der Waals surface area (Å²) in [7, 11) is 1.57. The zero-order valence-electron chi connectivity index (χ0n) is 18.0. The molecule has 5 atom stereocenters. The van der Waals surface area contributed by atoms with Crippen LogP contribution in [-0.2, 0) is 19.1 Å². The van der Waals surface area contributed by atoms with E-state index in [-0.39, 0.29) is 30.4 Å². The third kappa shape index (κ3) is 3.89. The van der Waals surface area contributed by atoms with Gasteiger partial charge in [0.25, 0.3) is 0 Å². The highest BCUT2D eigenvalue weighted by Gasteiger charge is 2.74. The van der Waals surface area contributed by atoms with Crippen LogP contribution in [0.15, 0.2) is 0 Å². The van der Waals surface area contributed by atoms with Gasteiger partial charge in [-0.3, -0.25) is 14.4 Å². The van der Waals surface area contributed by atoms with Gasteiger partial charge in [-0.15, -0.1) is 0 Å². The summed E-state index contributed by atoms with van der Waals surface area (Å²) < 4.78 is 6.30. The number of fused-ring (bicyclic) bond motifs is 1. The SMILES string of the molecule is CNC(=O)[C@@H]1[C@@H]2CCC3(O2)C(C(=O)NC(C)(C)C)N(CCCCCCO)C(=O)[C@H]13. The fourth-order valence-corrected chi connectivity index (χ4v) is 5.35. The molecule has 0 aromatic heterocycles. The number of hydrogen-bond acceptors (Lipinski definition) is 5. The molecule has 1 spiro atoms. The topological polar surface area (TPSA) is 108 Å². The summed E-state index contributed by atoms with van der Waals surface area (Å²) in [6.07, 6.45) is 4.24. The minimum atomic E-state index is -0.917. The third-order valence-electron chi connectivity index (χ3n) is 6.40. The molecule has 3 heterocycles. The first kappa shape index (κ1) is 22.0. The lowest BCUT2D eigenvalue weighted by Gasteiger charge is -2.35. The van der Waals surface area contributed by atoms with E-state index < -0.39 is 29.0 Å². The highest BCUT2D eigenvalue weighted by Crippen LogP contribution is 2.58. The Morgan fingerprint density at radius 3 is 2.52 bits per heavy atom. The number of hydrogen-bond donors (Lipinski definition) is 3. The molecule has 8 heteroatoms. The number of nitrogens with one attached hydrogen (secondary N) is 2. The molecule has 0 aromatic rings. The summed E-state index contributed by atoms with van der Waals surface area (Å²) in [6, 6.07) is -0.711. The lowest BCUT2D eigenvalue weighted by atomic mass is 9.70. The second-order valence-corrected chi connectivity index (χ2v) is 9.58. The van der Waals surface area contributed by atoms with Gasteiger partial charge < -0.3 is 25.4 Å². The molecule has 8 nitrogen and oxygen atoms in total. The van der Waals surface area contributed by atoms with E-state index in [4.69, 9.17) is 9.84 Å². The van der Waals surface area contributed by atoms with Gasteiger partial charge in [-0.2, -0.15) is 0 Å². The molecule has 3 aliphatic rings. The van der Waals surface area contributed by atoms with Crippen molar-refractivity contribution in [2.45, 2.75) is 82.6 Å². The highest BCUT2D eigenvalue weighted by atomic mass is 16.5. The predicted octanol–water partition coefficient (Wildman–Crippen LogP) is 0.574. The molecular formula is C21H35N3O5. The van der Waals surface area contributed by atoms with E-state index in [1.807, 2.05) is 20.8 Å². The summed E-state index contributed by atoms with van der Waals surface area (Å²) in [6.45, 7) is 6.36. The summed E-state index contributed by atoms with van der Waals surface area (Å²) in [5.41, 5.74) is -1.35. The fourth-order valence-electron chi connectivity index (χ4n) is 5.35. The summed E-state index contributed by atoms with van der Waals surface area (Å²) in [5.74, 6) is -1.67. The van der Waals surface area contributed by atoms with Gasteiger partial charge in [-0.05, 0) is 46.5 Å². The maximum absolute atomic E-state index is 13.4. The largest absolute Gasteiger partial charge is 0.396 e. The van der Waals surface area contributed by atoms with Crippen LogP contribution in [0.25, 0.3) is 0 Å². The van der Waals surface area contributed by atoms with Crippen molar-refractivity contribution >= 4 is 17.7 Å². The Kier molecular flexibility index (Phi) is 6.24. The minimum Gasteiger partial charge on any atom is -0.396 e. The average Bonchev–Trinajstić information content (AvgIpc) is 3.27. The molecule has 2 bridgehead atoms. The number of ether oxygens (including phenoxy) is 1. The van der Waals surface area contributed by atoms with Crippen LogP contribution in [-0.4, -0.2) is 71.2 Å². The van der Waals surface area contributed by atoms with Gasteiger partial charge in [0.15, 0.2) is 0 Å². The number of nitrogens with zero attached hydrogens (tertiary/aromatic N) is 1. The molecule has 0 radical (unpaired) electrons. The van der Waals surface area contributed by atoms with Gasteiger partial charge in [0.2, 0.25) is 17.7 Å². The number of likely N-dealkylation sites (tertiary alicyclic amines) is 1. The monoisotopic (exact) mass is 409 g/mol. The van der Waals surface area contributed by atoms with Crippen LogP contribution in [0.5, 0.6) is 0 Å². The van der Waals surface area contributed by atoms with E-state index in [0.29, 0.717) is 19.4 Å². The van der Waals surface area contributed by atoms with Gasteiger partial charge >= 0.3 is 0 Å². The van der Waals surface area contributed by atoms with Gasteiger partial charge in [0.05, 0.1) is 17.9 Å². The molecule has 3 aliphatic heterocycles. The van der Waals surface area contributed by atoms with Crippen molar-refractivity contribution in [3.8, 4) is 0 Å². The Balaban J connectivity index is 1.87. The zero-order chi connectivity index (χ0) is 21.4. The summed E-state index contributed by atoms with van der Waals surface area (Å²) >= 11 is 0. The zero-order valence-corrected chi connectivity index (χ0v) is 18.0. The Bertz CT molecular complexity index is 661. The van der Waals surface area contributed by atoms with Crippen molar-refractivity contribution in [2.75, 3.05) is 20.2 Å². The Hall–Kier alpha value is -1.67. The van der Waals surface area contributed by atoms with Crippen LogP contribution in [0.2, 0.25) is 0 Å². The number of aliphatic hydroxyl groups is 1. The maximum atomic E-state index is 13.4. The van der Waals surface area contributed by atoms with E-state index in [1.165, 1.54) is 0 Å². The lowest BCUT2D eigenvalue weighted by Crippen LogP contribution is -2.58. The van der Waals surface area contributed by atoms with Crippen LogP contribution in [0.1, 0.15) is 59.3 Å². The van der Waals surface area contributed by atoms with Crippen molar-refractivity contribution in [1.29, 1.82) is 0 Å². The van der Waals surface area contributed by atoms with Crippen molar-refractivity contribution in [3.63, 3.8) is 0 Å². The van der Waals surface area contributed by atoms with Gasteiger partial charge in [-0.1, -0.05) is 12.8 Å². The Morgan fingerprint density at radius 1 is 1.21 bits per heavy atom. The molecule has 29 heavy (non-hydrogen) atoms. The summed E-state index contributed by atoms with van der Waals surface area (Å²) in [4.78, 5) is 41.0. The van der Waals surface area contributed by atoms with E-state index in [2.05, 4.69) is 10.6 Å². The quantitative estimate of drug-likeness (QED) is 0.508. The molecule has 3 rings (SSSR count). The lowest BCUT2D eigenvalue weighted by molar-refractivity contribution is -0.142. The number of rotatable bonds is 8. The Morgan fingerprint density at radius 2 is 1.90 bits per heavy atom. The van der Waals surface area contributed by atoms with Crippen LogP contribution in [0, 0.1) is 11.8 Å². The van der Waals surface area contributed by atoms with Crippen molar-refractivity contribution in [3.05, 3.63) is 0 Å². The molecule has 3 fully saturated rings. The third-order valence-corrected chi connectivity index (χ3v) is 6.40. The molecule has 0 aromatic carbocycles. The van der Waals surface area contributed by atoms with Gasteiger partial charge in [-0.25, -0.2) is 0 Å². The van der Waals surface area contributed by atoms with Crippen LogP contribution in [0.4, 0.5) is 0 Å². The number of aliphatic hydroxyl groups excluding tert-OH is 1. The second-order valence-electron chi connectivity index (χ2n) is 9.58. The first-order valence-electron chi connectivity index (χ1n) is 10.8. The molecule has 3 N–H and O–H groups in total. The minimum absolute atomic E-state index is 0.142. The van der Waals surface area contributed by atoms with Crippen LogP contribution in [0.3, 0.4) is 0 Å². The molecule has 2 unspecified atom stereocenters. The second kappa shape index (κ2) is 8.22. The molecule has 3 amide bonds. The normalized spacial score (nSPS) is 33.1. The fraction of sp³-hybridized carbons (Fsp3) is 0.857. The van der Waals surface area contributed by atoms with E-state index >= 15 is 0 Å². The average molecular weight is 410 g/mol. The molecule has 0 saturated carbocycles. The van der Waals surface area contributed by atoms with Gasteiger partial charge in [0, 0.05) is 25.7 Å². The maximum Gasteiger partial charge on any atom is 0.246 e. The van der Waals surface area contributed by atoms with Crippen molar-refractivity contribution < 1.29 is 24.2 Å². The van der Waals surface area contributed by atoms with E-state index in [1.54, 1.807) is 11.9 Å². The molecule has 3 saturated heterocycles. The number of amides is 3. The highest BCUT2D eigenvalue weighted by molar-refractivity contribution is 5.99. The predicted molar refractivity (Wildman–Crippen MR) is 107 cm³/mol. The van der Waals surface area contributed by atoms with Crippen molar-refractivity contribution in [1.82, 2.24) is 15.5 Å². The smallest absolute Gasteiger partial charge is 0.246 e. The summed E-state index contributed by atoms with van der Waals surface area (Å²) in [5, 5.41) is 14.6.